The number of nitro benzene ring substituents is 1. The van der Waals surface area contributed by atoms with E-state index >= 15 is 0 Å². The zero-order valence-electron chi connectivity index (χ0n) is 11.7. The zero-order valence-corrected chi connectivity index (χ0v) is 12.5. The quantitative estimate of drug-likeness (QED) is 0.581. The summed E-state index contributed by atoms with van der Waals surface area (Å²) < 4.78 is 30.9. The fraction of sp³-hybridized carbons (Fsp3) is 0.417. The summed E-state index contributed by atoms with van der Waals surface area (Å²) in [7, 11) is 0. The summed E-state index contributed by atoms with van der Waals surface area (Å²) in [6.07, 6.45) is 0. The fourth-order valence-corrected chi connectivity index (χ4v) is 1.46. The highest BCUT2D eigenvalue weighted by Crippen LogP contribution is 2.28. The molecule has 0 saturated heterocycles. The third kappa shape index (κ3) is 5.41. The average Bonchev–Trinajstić information content (AvgIpc) is 2.45. The van der Waals surface area contributed by atoms with Gasteiger partial charge < -0.3 is 15.8 Å². The van der Waals surface area contributed by atoms with Gasteiger partial charge in [0.1, 0.15) is 0 Å². The number of hydrogen-bond acceptors (Lipinski definition) is 5. The highest BCUT2D eigenvalue weighted by Gasteiger charge is 2.28. The Morgan fingerprint density at radius 1 is 1.50 bits per heavy atom. The lowest BCUT2D eigenvalue weighted by atomic mass is 10.1. The number of amides is 1. The second-order valence-corrected chi connectivity index (χ2v) is 4.12. The molecule has 1 rings (SSSR count). The maximum atomic E-state index is 12.9. The van der Waals surface area contributed by atoms with Crippen LogP contribution in [0, 0.1) is 10.1 Å². The van der Waals surface area contributed by atoms with Crippen molar-refractivity contribution in [2.75, 3.05) is 19.7 Å². The van der Waals surface area contributed by atoms with Crippen LogP contribution in [0.2, 0.25) is 0 Å². The Hall–Kier alpha value is -2.00. The molecule has 0 aromatic heterocycles. The van der Waals surface area contributed by atoms with Crippen LogP contribution in [0.25, 0.3) is 0 Å². The molecule has 0 aliphatic rings. The molecule has 7 nitrogen and oxygen atoms in total. The third-order valence-corrected chi connectivity index (χ3v) is 2.52. The van der Waals surface area contributed by atoms with Gasteiger partial charge in [0.15, 0.2) is 5.75 Å². The molecule has 0 heterocycles. The van der Waals surface area contributed by atoms with Crippen LogP contribution in [0.15, 0.2) is 18.2 Å². The van der Waals surface area contributed by atoms with E-state index in [1.165, 1.54) is 12.1 Å². The highest BCUT2D eigenvalue weighted by atomic mass is 35.5. The summed E-state index contributed by atoms with van der Waals surface area (Å²) in [5.41, 5.74) is 4.32. The van der Waals surface area contributed by atoms with Crippen LogP contribution in [0.3, 0.4) is 0 Å². The van der Waals surface area contributed by atoms with Gasteiger partial charge in [0.05, 0.1) is 24.6 Å². The van der Waals surface area contributed by atoms with E-state index in [0.717, 1.165) is 6.07 Å². The van der Waals surface area contributed by atoms with Gasteiger partial charge in [0, 0.05) is 11.6 Å². The second kappa shape index (κ2) is 8.44. The second-order valence-electron chi connectivity index (χ2n) is 4.12. The Labute approximate surface area is 131 Å². The van der Waals surface area contributed by atoms with Gasteiger partial charge >= 0.3 is 5.69 Å². The molecule has 1 amide bonds. The van der Waals surface area contributed by atoms with Crippen LogP contribution in [-0.2, 0) is 0 Å². The third-order valence-electron chi connectivity index (χ3n) is 2.52. The van der Waals surface area contributed by atoms with Gasteiger partial charge in [-0.15, -0.1) is 12.4 Å². The highest BCUT2D eigenvalue weighted by molar-refractivity contribution is 5.95. The van der Waals surface area contributed by atoms with Crippen molar-refractivity contribution >= 4 is 24.0 Å². The van der Waals surface area contributed by atoms with E-state index in [1.807, 2.05) is 5.32 Å². The average molecular weight is 340 g/mol. The number of ether oxygens (including phenoxy) is 1. The molecule has 0 atom stereocenters. The van der Waals surface area contributed by atoms with Gasteiger partial charge in [-0.2, -0.15) is 0 Å². The number of rotatable bonds is 7. The summed E-state index contributed by atoms with van der Waals surface area (Å²) >= 11 is 0. The minimum Gasteiger partial charge on any atom is -0.487 e. The van der Waals surface area contributed by atoms with Crippen LogP contribution in [0.4, 0.5) is 14.5 Å². The van der Waals surface area contributed by atoms with Crippen molar-refractivity contribution in [3.05, 3.63) is 33.9 Å². The van der Waals surface area contributed by atoms with Crippen molar-refractivity contribution in [1.29, 1.82) is 0 Å². The van der Waals surface area contributed by atoms with Crippen LogP contribution in [0.1, 0.15) is 17.3 Å². The first kappa shape index (κ1) is 20.0. The summed E-state index contributed by atoms with van der Waals surface area (Å²) in [6, 6.07) is 3.48. The van der Waals surface area contributed by atoms with E-state index in [1.54, 1.807) is 6.92 Å². The van der Waals surface area contributed by atoms with Crippen LogP contribution >= 0.6 is 12.4 Å². The van der Waals surface area contributed by atoms with E-state index in [2.05, 4.69) is 0 Å². The molecule has 124 valence electrons. The molecule has 0 aliphatic carbocycles. The normalized spacial score (nSPS) is 10.5. The van der Waals surface area contributed by atoms with E-state index in [-0.39, 0.29) is 30.3 Å². The Morgan fingerprint density at radius 3 is 2.64 bits per heavy atom. The smallest absolute Gasteiger partial charge is 0.311 e. The molecule has 1 aromatic rings. The number of hydrogen-bond donors (Lipinski definition) is 2. The molecule has 0 saturated carbocycles. The fourth-order valence-electron chi connectivity index (χ4n) is 1.46. The number of benzene rings is 1. The molecule has 22 heavy (non-hydrogen) atoms. The minimum atomic E-state index is -3.23. The number of nitrogens with one attached hydrogen (secondary N) is 1. The monoisotopic (exact) mass is 339 g/mol. The summed E-state index contributed by atoms with van der Waals surface area (Å²) in [4.78, 5) is 21.9. The Morgan fingerprint density at radius 2 is 2.14 bits per heavy atom. The van der Waals surface area contributed by atoms with Crippen LogP contribution < -0.4 is 15.8 Å². The number of alkyl halides is 2. The van der Waals surface area contributed by atoms with Gasteiger partial charge in [0.2, 0.25) is 0 Å². The Balaban J connectivity index is 0.00000441. The summed E-state index contributed by atoms with van der Waals surface area (Å²) in [5, 5.41) is 12.9. The lowest BCUT2D eigenvalue weighted by Crippen LogP contribution is -2.41. The van der Waals surface area contributed by atoms with E-state index in [9.17, 15) is 23.7 Å². The van der Waals surface area contributed by atoms with Gasteiger partial charge in [0.25, 0.3) is 11.8 Å². The van der Waals surface area contributed by atoms with Crippen molar-refractivity contribution in [3.8, 4) is 5.75 Å². The molecular weight excluding hydrogens is 324 g/mol. The maximum absolute atomic E-state index is 12.9. The van der Waals surface area contributed by atoms with Crippen molar-refractivity contribution < 1.29 is 23.2 Å². The lowest BCUT2D eigenvalue weighted by molar-refractivity contribution is -0.385. The van der Waals surface area contributed by atoms with Crippen molar-refractivity contribution in [2.24, 2.45) is 5.73 Å². The molecule has 10 heteroatoms. The van der Waals surface area contributed by atoms with Gasteiger partial charge in [-0.05, 0) is 19.1 Å². The predicted octanol–water partition coefficient (Wildman–Crippen LogP) is 1.74. The number of carbonyl (C=O) groups is 1. The molecule has 3 N–H and O–H groups in total. The van der Waals surface area contributed by atoms with E-state index in [0.29, 0.717) is 0 Å². The minimum absolute atomic E-state index is 0. The number of carbonyl (C=O) groups excluding carboxylic acids is 1. The predicted molar refractivity (Wildman–Crippen MR) is 77.8 cm³/mol. The summed E-state index contributed by atoms with van der Waals surface area (Å²) in [5.74, 6) is -4.08. The Kier molecular flexibility index (Phi) is 7.68. The molecule has 1 aromatic carbocycles. The largest absolute Gasteiger partial charge is 0.487 e. The molecule has 0 fully saturated rings. The zero-order chi connectivity index (χ0) is 16.0. The van der Waals surface area contributed by atoms with Crippen LogP contribution in [-0.4, -0.2) is 36.4 Å². The molecule has 0 radical (unpaired) electrons. The van der Waals surface area contributed by atoms with Gasteiger partial charge in [-0.25, -0.2) is 8.78 Å². The maximum Gasteiger partial charge on any atom is 0.311 e. The first-order valence-electron chi connectivity index (χ1n) is 6.08. The molecule has 0 bridgehead atoms. The topological polar surface area (TPSA) is 107 Å². The van der Waals surface area contributed by atoms with E-state index in [4.69, 9.17) is 10.5 Å². The summed E-state index contributed by atoms with van der Waals surface area (Å²) in [6.45, 7) is 0.0222. The van der Waals surface area contributed by atoms with E-state index < -0.39 is 35.5 Å². The first-order chi connectivity index (χ1) is 9.80. The number of nitrogens with two attached hydrogens (primary N) is 1. The SMILES string of the molecule is CCOc1ccc(C(=O)NCC(F)(F)CN)cc1[N+](=O)[O-].Cl. The Bertz CT molecular complexity index is 543. The number of halogens is 3. The van der Waals surface area contributed by atoms with Crippen LogP contribution in [0.5, 0.6) is 5.75 Å². The molecule has 0 spiro atoms. The van der Waals surface area contributed by atoms with Crippen molar-refractivity contribution in [1.82, 2.24) is 5.32 Å². The lowest BCUT2D eigenvalue weighted by Gasteiger charge is -2.14. The number of nitrogens with zero attached hydrogens (tertiary/aromatic N) is 1. The number of nitro groups is 1. The van der Waals surface area contributed by atoms with Crippen molar-refractivity contribution in [2.45, 2.75) is 12.8 Å². The first-order valence-corrected chi connectivity index (χ1v) is 6.08. The molecular formula is C12H16ClF2N3O4. The van der Waals surface area contributed by atoms with Crippen molar-refractivity contribution in [3.63, 3.8) is 0 Å². The molecule has 0 unspecified atom stereocenters. The van der Waals surface area contributed by atoms with Gasteiger partial charge in [-0.1, -0.05) is 0 Å². The van der Waals surface area contributed by atoms with Gasteiger partial charge in [-0.3, -0.25) is 14.9 Å². The molecule has 0 aliphatic heterocycles. The standard InChI is InChI=1S/C12H15F2N3O4.ClH/c1-2-21-10-4-3-8(5-9(10)17(19)20)11(18)16-7-12(13,14)6-15;/h3-5H,2,6-7,15H2,1H3,(H,16,18);1H.